The van der Waals surface area contributed by atoms with Crippen molar-refractivity contribution >= 4 is 37.6 Å². The first-order chi connectivity index (χ1) is 9.50. The van der Waals surface area contributed by atoms with Crippen molar-refractivity contribution in [3.05, 3.63) is 27.7 Å². The van der Waals surface area contributed by atoms with Crippen LogP contribution in [-0.2, 0) is 14.8 Å². The Morgan fingerprint density at radius 3 is 2.90 bits per heavy atom. The van der Waals surface area contributed by atoms with Crippen molar-refractivity contribution in [2.45, 2.75) is 36.3 Å². The summed E-state index contributed by atoms with van der Waals surface area (Å²) in [5.74, 6) is 0. The number of nitrogens with zero attached hydrogens (tertiary/aromatic N) is 1. The minimum atomic E-state index is -3.49. The SMILES string of the molecule is O=S(=O)(c1ccc(Cl)c(Br)c1)N1CCOC2CCCC21. The summed E-state index contributed by atoms with van der Waals surface area (Å²) in [7, 11) is -3.49. The molecule has 1 heterocycles. The second kappa shape index (κ2) is 5.57. The summed E-state index contributed by atoms with van der Waals surface area (Å²) < 4.78 is 33.5. The number of ether oxygens (including phenoxy) is 1. The number of halogens is 2. The minimum absolute atomic E-state index is 0.0248. The normalized spacial score (nSPS) is 27.5. The van der Waals surface area contributed by atoms with E-state index in [0.29, 0.717) is 22.6 Å². The Morgan fingerprint density at radius 1 is 1.35 bits per heavy atom. The molecule has 1 aromatic rings. The average molecular weight is 381 g/mol. The van der Waals surface area contributed by atoms with Crippen molar-refractivity contribution in [3.8, 4) is 0 Å². The van der Waals surface area contributed by atoms with Crippen LogP contribution in [-0.4, -0.2) is 38.0 Å². The van der Waals surface area contributed by atoms with Crippen molar-refractivity contribution in [1.82, 2.24) is 4.31 Å². The maximum absolute atomic E-state index is 12.8. The zero-order valence-electron chi connectivity index (χ0n) is 10.8. The van der Waals surface area contributed by atoms with Crippen LogP contribution in [0, 0.1) is 0 Å². The second-order valence-corrected chi connectivity index (χ2v) is 8.25. The van der Waals surface area contributed by atoms with Crippen molar-refractivity contribution in [3.63, 3.8) is 0 Å². The summed E-state index contributed by atoms with van der Waals surface area (Å²) >= 11 is 9.21. The Hall–Kier alpha value is -0.140. The molecule has 1 saturated heterocycles. The van der Waals surface area contributed by atoms with E-state index in [1.807, 2.05) is 0 Å². The molecule has 0 aromatic heterocycles. The maximum atomic E-state index is 12.8. The lowest BCUT2D eigenvalue weighted by Crippen LogP contribution is -2.51. The molecule has 7 heteroatoms. The minimum Gasteiger partial charge on any atom is -0.375 e. The van der Waals surface area contributed by atoms with E-state index in [0.717, 1.165) is 19.3 Å². The van der Waals surface area contributed by atoms with Gasteiger partial charge in [0, 0.05) is 11.0 Å². The first-order valence-corrected chi connectivity index (χ1v) is 9.20. The fraction of sp³-hybridized carbons (Fsp3) is 0.538. The van der Waals surface area contributed by atoms with Gasteiger partial charge in [-0.2, -0.15) is 4.31 Å². The molecule has 0 N–H and O–H groups in total. The zero-order chi connectivity index (χ0) is 14.3. The Balaban J connectivity index is 1.96. The quantitative estimate of drug-likeness (QED) is 0.792. The summed E-state index contributed by atoms with van der Waals surface area (Å²) in [5.41, 5.74) is 0. The van der Waals surface area contributed by atoms with Crippen LogP contribution in [0.4, 0.5) is 0 Å². The lowest BCUT2D eigenvalue weighted by atomic mass is 10.2. The number of fused-ring (bicyclic) bond motifs is 1. The van der Waals surface area contributed by atoms with E-state index >= 15 is 0 Å². The highest BCUT2D eigenvalue weighted by atomic mass is 79.9. The van der Waals surface area contributed by atoms with Gasteiger partial charge in [-0.3, -0.25) is 0 Å². The van der Waals surface area contributed by atoms with Crippen LogP contribution in [0.25, 0.3) is 0 Å². The largest absolute Gasteiger partial charge is 0.375 e. The molecule has 110 valence electrons. The van der Waals surface area contributed by atoms with Crippen LogP contribution in [0.1, 0.15) is 19.3 Å². The average Bonchev–Trinajstić information content (AvgIpc) is 2.89. The fourth-order valence-corrected chi connectivity index (χ4v) is 5.30. The van der Waals surface area contributed by atoms with Gasteiger partial charge < -0.3 is 4.74 Å². The molecule has 2 atom stereocenters. The summed E-state index contributed by atoms with van der Waals surface area (Å²) in [6, 6.07) is 4.70. The van der Waals surface area contributed by atoms with E-state index in [1.54, 1.807) is 22.5 Å². The number of rotatable bonds is 2. The predicted octanol–water partition coefficient (Wildman–Crippen LogP) is 3.04. The van der Waals surface area contributed by atoms with Gasteiger partial charge in [-0.25, -0.2) is 8.42 Å². The van der Waals surface area contributed by atoms with Gasteiger partial charge in [0.15, 0.2) is 0 Å². The van der Waals surface area contributed by atoms with Crippen molar-refractivity contribution in [1.29, 1.82) is 0 Å². The van der Waals surface area contributed by atoms with Gasteiger partial charge in [0.05, 0.1) is 28.7 Å². The fourth-order valence-electron chi connectivity index (χ4n) is 2.96. The number of sulfonamides is 1. The topological polar surface area (TPSA) is 46.6 Å². The number of hydrogen-bond donors (Lipinski definition) is 0. The molecule has 0 amide bonds. The van der Waals surface area contributed by atoms with Crippen molar-refractivity contribution in [2.75, 3.05) is 13.2 Å². The summed E-state index contributed by atoms with van der Waals surface area (Å²) in [4.78, 5) is 0.279. The van der Waals surface area contributed by atoms with E-state index in [2.05, 4.69) is 15.9 Å². The predicted molar refractivity (Wildman–Crippen MR) is 80.4 cm³/mol. The molecular formula is C13H15BrClNO3S. The second-order valence-electron chi connectivity index (χ2n) is 5.10. The molecule has 3 rings (SSSR count). The molecule has 20 heavy (non-hydrogen) atoms. The van der Waals surface area contributed by atoms with Gasteiger partial charge in [0.1, 0.15) is 0 Å². The number of benzene rings is 1. The van der Waals surface area contributed by atoms with Gasteiger partial charge in [-0.1, -0.05) is 11.6 Å². The molecule has 1 aliphatic carbocycles. The molecule has 1 aromatic carbocycles. The Labute approximate surface area is 132 Å². The Bertz CT molecular complexity index is 622. The van der Waals surface area contributed by atoms with Crippen LogP contribution in [0.3, 0.4) is 0 Å². The standard InChI is InChI=1S/C13H15BrClNO3S/c14-10-8-9(4-5-11(10)15)20(17,18)16-6-7-19-13-3-1-2-12(13)16/h4-5,8,12-13H,1-3,6-7H2. The first kappa shape index (κ1) is 14.8. The molecule has 2 aliphatic rings. The lowest BCUT2D eigenvalue weighted by molar-refractivity contribution is -0.0241. The van der Waals surface area contributed by atoms with Gasteiger partial charge in [0.2, 0.25) is 10.0 Å². The van der Waals surface area contributed by atoms with Crippen LogP contribution in [0.15, 0.2) is 27.6 Å². The molecule has 2 unspecified atom stereocenters. The van der Waals surface area contributed by atoms with Gasteiger partial charge in [0.25, 0.3) is 0 Å². The van der Waals surface area contributed by atoms with E-state index in [4.69, 9.17) is 16.3 Å². The van der Waals surface area contributed by atoms with Crippen LogP contribution in [0.2, 0.25) is 5.02 Å². The van der Waals surface area contributed by atoms with E-state index in [-0.39, 0.29) is 17.0 Å². The molecular weight excluding hydrogens is 366 g/mol. The summed E-state index contributed by atoms with van der Waals surface area (Å²) in [6.07, 6.45) is 2.89. The molecule has 1 saturated carbocycles. The molecule has 4 nitrogen and oxygen atoms in total. The molecule has 1 aliphatic heterocycles. The third-order valence-electron chi connectivity index (χ3n) is 3.93. The smallest absolute Gasteiger partial charge is 0.243 e. The Kier molecular flexibility index (Phi) is 4.12. The van der Waals surface area contributed by atoms with Crippen molar-refractivity contribution in [2.24, 2.45) is 0 Å². The molecule has 0 bridgehead atoms. The zero-order valence-corrected chi connectivity index (χ0v) is 13.9. The Morgan fingerprint density at radius 2 is 2.15 bits per heavy atom. The lowest BCUT2D eigenvalue weighted by Gasteiger charge is -2.36. The van der Waals surface area contributed by atoms with Crippen LogP contribution in [0.5, 0.6) is 0 Å². The van der Waals surface area contributed by atoms with E-state index in [1.165, 1.54) is 0 Å². The number of hydrogen-bond acceptors (Lipinski definition) is 3. The third kappa shape index (κ3) is 2.52. The highest BCUT2D eigenvalue weighted by Gasteiger charge is 2.42. The van der Waals surface area contributed by atoms with Gasteiger partial charge in [-0.15, -0.1) is 0 Å². The molecule has 2 fully saturated rings. The van der Waals surface area contributed by atoms with E-state index in [9.17, 15) is 8.42 Å². The molecule has 0 radical (unpaired) electrons. The van der Waals surface area contributed by atoms with Crippen molar-refractivity contribution < 1.29 is 13.2 Å². The van der Waals surface area contributed by atoms with Gasteiger partial charge in [-0.05, 0) is 53.4 Å². The van der Waals surface area contributed by atoms with Crippen LogP contribution >= 0.6 is 27.5 Å². The third-order valence-corrected chi connectivity index (χ3v) is 7.06. The summed E-state index contributed by atoms with van der Waals surface area (Å²) in [5, 5.41) is 0.504. The highest BCUT2D eigenvalue weighted by molar-refractivity contribution is 9.10. The number of morpholine rings is 1. The summed E-state index contributed by atoms with van der Waals surface area (Å²) in [6.45, 7) is 0.888. The first-order valence-electron chi connectivity index (χ1n) is 6.58. The van der Waals surface area contributed by atoms with Gasteiger partial charge >= 0.3 is 0 Å². The monoisotopic (exact) mass is 379 g/mol. The molecule has 0 spiro atoms. The van der Waals surface area contributed by atoms with E-state index < -0.39 is 10.0 Å². The maximum Gasteiger partial charge on any atom is 0.243 e. The highest BCUT2D eigenvalue weighted by Crippen LogP contribution is 2.34. The van der Waals surface area contributed by atoms with Crippen LogP contribution < -0.4 is 0 Å².